The van der Waals surface area contributed by atoms with Gasteiger partial charge in [0.25, 0.3) is 0 Å². The van der Waals surface area contributed by atoms with E-state index in [1.54, 1.807) is 13.8 Å². The van der Waals surface area contributed by atoms with Crippen LogP contribution in [-0.4, -0.2) is 5.11 Å². The lowest BCUT2D eigenvalue weighted by molar-refractivity contribution is -0.138. The van der Waals surface area contributed by atoms with Crippen molar-refractivity contribution in [1.82, 2.24) is 0 Å². The Morgan fingerprint density at radius 2 is 1.94 bits per heavy atom. The molecule has 0 fully saturated rings. The predicted molar refractivity (Wildman–Crippen MR) is 63.5 cm³/mol. The smallest absolute Gasteiger partial charge is 0.384 e. The second-order valence-electron chi connectivity index (χ2n) is 3.93. The molecule has 0 aliphatic heterocycles. The zero-order chi connectivity index (χ0) is 13.2. The maximum atomic E-state index is 12.6. The molecule has 1 aromatic rings. The van der Waals surface area contributed by atoms with Crippen molar-refractivity contribution in [2.75, 3.05) is 0 Å². The highest BCUT2D eigenvalue weighted by Crippen LogP contribution is 2.36. The van der Waals surface area contributed by atoms with E-state index < -0.39 is 17.8 Å². The number of alkyl halides is 3. The van der Waals surface area contributed by atoms with Crippen LogP contribution in [-0.2, 0) is 6.18 Å². The number of hydrogen-bond acceptors (Lipinski definition) is 1. The summed E-state index contributed by atoms with van der Waals surface area (Å²) in [6.07, 6.45) is -3.95. The Morgan fingerprint density at radius 1 is 1.35 bits per heavy atom. The molecule has 1 rings (SSSR count). The monoisotopic (exact) mass is 308 g/mol. The maximum Gasteiger partial charge on any atom is 0.417 e. The van der Waals surface area contributed by atoms with Gasteiger partial charge in [0.15, 0.2) is 0 Å². The van der Waals surface area contributed by atoms with E-state index >= 15 is 0 Å². The molecule has 0 saturated heterocycles. The summed E-state index contributed by atoms with van der Waals surface area (Å²) in [5.41, 5.74) is 0.284. The van der Waals surface area contributed by atoms with Crippen LogP contribution in [0.3, 0.4) is 0 Å². The fourth-order valence-corrected chi connectivity index (χ4v) is 1.83. The third-order valence-corrected chi connectivity index (χ3v) is 2.82. The minimum Gasteiger partial charge on any atom is -0.384 e. The first-order valence-electron chi connectivity index (χ1n) is 4.91. The Balaban J connectivity index is 3.18. The van der Waals surface area contributed by atoms with Crippen LogP contribution in [0.4, 0.5) is 13.2 Å². The molecular formula is C12H12BrF3O. The quantitative estimate of drug-likeness (QED) is 0.799. The van der Waals surface area contributed by atoms with E-state index in [-0.39, 0.29) is 10.0 Å². The van der Waals surface area contributed by atoms with E-state index in [9.17, 15) is 18.3 Å². The van der Waals surface area contributed by atoms with Crippen molar-refractivity contribution in [3.63, 3.8) is 0 Å². The minimum atomic E-state index is -4.43. The van der Waals surface area contributed by atoms with Gasteiger partial charge in [-0.3, -0.25) is 0 Å². The van der Waals surface area contributed by atoms with Crippen molar-refractivity contribution < 1.29 is 18.3 Å². The lowest BCUT2D eigenvalue weighted by Crippen LogP contribution is -2.07. The number of benzene rings is 1. The molecule has 1 N–H and O–H groups in total. The number of allylic oxidation sites excluding steroid dienone is 1. The Bertz CT molecular complexity index is 434. The van der Waals surface area contributed by atoms with Crippen molar-refractivity contribution in [2.45, 2.75) is 26.1 Å². The van der Waals surface area contributed by atoms with Crippen molar-refractivity contribution in [1.29, 1.82) is 0 Å². The van der Waals surface area contributed by atoms with Crippen molar-refractivity contribution in [2.24, 2.45) is 0 Å². The zero-order valence-electron chi connectivity index (χ0n) is 9.35. The molecule has 0 aliphatic rings. The highest BCUT2D eigenvalue weighted by molar-refractivity contribution is 9.10. The van der Waals surface area contributed by atoms with Crippen molar-refractivity contribution in [3.05, 3.63) is 45.4 Å². The van der Waals surface area contributed by atoms with Crippen molar-refractivity contribution >= 4 is 15.9 Å². The molecule has 1 nitrogen and oxygen atoms in total. The number of hydrogen-bond donors (Lipinski definition) is 1. The number of aliphatic hydroxyl groups is 1. The molecule has 1 atom stereocenters. The van der Waals surface area contributed by atoms with Gasteiger partial charge in [0.05, 0.1) is 11.7 Å². The Hall–Kier alpha value is -0.810. The van der Waals surface area contributed by atoms with Gasteiger partial charge >= 0.3 is 6.18 Å². The average molecular weight is 309 g/mol. The van der Waals surface area contributed by atoms with Gasteiger partial charge in [-0.15, -0.1) is 0 Å². The van der Waals surface area contributed by atoms with Gasteiger partial charge in [0, 0.05) is 4.47 Å². The van der Waals surface area contributed by atoms with Gasteiger partial charge in [0.1, 0.15) is 0 Å². The van der Waals surface area contributed by atoms with Gasteiger partial charge in [0.2, 0.25) is 0 Å². The first-order valence-corrected chi connectivity index (χ1v) is 5.71. The van der Waals surface area contributed by atoms with Gasteiger partial charge in [-0.1, -0.05) is 33.6 Å². The molecule has 5 heteroatoms. The molecular weight excluding hydrogens is 297 g/mol. The van der Waals surface area contributed by atoms with E-state index in [0.29, 0.717) is 0 Å². The molecule has 0 aliphatic carbocycles. The fraction of sp³-hybridized carbons (Fsp3) is 0.333. The molecule has 0 heterocycles. The molecule has 0 spiro atoms. The summed E-state index contributed by atoms with van der Waals surface area (Å²) in [7, 11) is 0. The lowest BCUT2D eigenvalue weighted by Gasteiger charge is -2.13. The number of aliphatic hydroxyl groups excluding tert-OH is 1. The van der Waals surface area contributed by atoms with Crippen LogP contribution in [0, 0.1) is 0 Å². The van der Waals surface area contributed by atoms with Crippen molar-refractivity contribution in [3.8, 4) is 0 Å². The van der Waals surface area contributed by atoms with E-state index in [2.05, 4.69) is 15.9 Å². The molecule has 94 valence electrons. The third kappa shape index (κ3) is 3.85. The van der Waals surface area contributed by atoms with Crippen LogP contribution in [0.5, 0.6) is 0 Å². The summed E-state index contributed by atoms with van der Waals surface area (Å²) in [4.78, 5) is 0. The molecule has 17 heavy (non-hydrogen) atoms. The van der Waals surface area contributed by atoms with Crippen LogP contribution >= 0.6 is 15.9 Å². The van der Waals surface area contributed by atoms with Gasteiger partial charge < -0.3 is 5.11 Å². The Kier molecular flexibility index (Phi) is 4.38. The summed E-state index contributed by atoms with van der Waals surface area (Å²) < 4.78 is 37.9. The van der Waals surface area contributed by atoms with E-state index in [1.807, 2.05) is 0 Å². The molecule has 0 radical (unpaired) electrons. The second kappa shape index (κ2) is 5.23. The maximum absolute atomic E-state index is 12.6. The van der Waals surface area contributed by atoms with Gasteiger partial charge in [-0.2, -0.15) is 13.2 Å². The van der Waals surface area contributed by atoms with E-state index in [4.69, 9.17) is 0 Å². The van der Waals surface area contributed by atoms with Gasteiger partial charge in [-0.25, -0.2) is 0 Å². The number of halogens is 4. The minimum absolute atomic E-state index is 0.0295. The van der Waals surface area contributed by atoms with E-state index in [1.165, 1.54) is 18.2 Å². The molecule has 0 bridgehead atoms. The highest BCUT2D eigenvalue weighted by atomic mass is 79.9. The number of rotatable bonds is 2. The largest absolute Gasteiger partial charge is 0.417 e. The summed E-state index contributed by atoms with van der Waals surface area (Å²) in [5.74, 6) is 0. The topological polar surface area (TPSA) is 20.2 Å². The normalized spacial score (nSPS) is 13.4. The van der Waals surface area contributed by atoms with Crippen LogP contribution < -0.4 is 0 Å². The SMILES string of the molecule is CC(C)=CC(O)c1ccc(Br)c(C(F)(F)F)c1. The molecule has 0 aromatic heterocycles. The first-order chi connectivity index (χ1) is 7.71. The Morgan fingerprint density at radius 3 is 2.41 bits per heavy atom. The van der Waals surface area contributed by atoms with Crippen LogP contribution in [0.25, 0.3) is 0 Å². The highest BCUT2D eigenvalue weighted by Gasteiger charge is 2.33. The van der Waals surface area contributed by atoms with Crippen LogP contribution in [0.1, 0.15) is 31.1 Å². The first kappa shape index (κ1) is 14.3. The molecule has 0 saturated carbocycles. The zero-order valence-corrected chi connectivity index (χ0v) is 10.9. The van der Waals surface area contributed by atoms with Gasteiger partial charge in [-0.05, 0) is 31.5 Å². The molecule has 0 amide bonds. The van der Waals surface area contributed by atoms with Crippen LogP contribution in [0.2, 0.25) is 0 Å². The fourth-order valence-electron chi connectivity index (χ4n) is 1.36. The average Bonchev–Trinajstić information content (AvgIpc) is 2.15. The second-order valence-corrected chi connectivity index (χ2v) is 4.78. The molecule has 1 aromatic carbocycles. The summed E-state index contributed by atoms with van der Waals surface area (Å²) >= 11 is 2.85. The lowest BCUT2D eigenvalue weighted by atomic mass is 10.0. The predicted octanol–water partition coefficient (Wildman–Crippen LogP) is 4.47. The summed E-state index contributed by atoms with van der Waals surface area (Å²) in [6, 6.07) is 3.71. The Labute approximate surface area is 106 Å². The summed E-state index contributed by atoms with van der Waals surface area (Å²) in [5, 5.41) is 9.71. The molecule has 1 unspecified atom stereocenters. The standard InChI is InChI=1S/C12H12BrF3O/c1-7(2)5-11(17)8-3-4-10(13)9(6-8)12(14,15)16/h3-6,11,17H,1-2H3. The van der Waals surface area contributed by atoms with Crippen LogP contribution in [0.15, 0.2) is 34.3 Å². The third-order valence-electron chi connectivity index (χ3n) is 2.13. The van der Waals surface area contributed by atoms with E-state index in [0.717, 1.165) is 11.6 Å². The summed E-state index contributed by atoms with van der Waals surface area (Å²) in [6.45, 7) is 3.54.